The molecule has 24 heavy (non-hydrogen) atoms. The Morgan fingerprint density at radius 1 is 1.38 bits per heavy atom. The van der Waals surface area contributed by atoms with Gasteiger partial charge in [-0.15, -0.1) is 0 Å². The van der Waals surface area contributed by atoms with Gasteiger partial charge in [-0.1, -0.05) is 39.8 Å². The van der Waals surface area contributed by atoms with E-state index in [9.17, 15) is 4.79 Å². The Labute approximate surface area is 147 Å². The number of hydrogen-bond acceptors (Lipinski definition) is 3. The van der Waals surface area contributed by atoms with Crippen LogP contribution >= 0.6 is 0 Å². The zero-order chi connectivity index (χ0) is 18.1. The molecule has 2 heterocycles. The van der Waals surface area contributed by atoms with Crippen LogP contribution in [0.5, 0.6) is 0 Å². The molecule has 3 nitrogen and oxygen atoms in total. The molecule has 1 saturated heterocycles. The van der Waals surface area contributed by atoms with Gasteiger partial charge in [0.25, 0.3) is 0 Å². The lowest BCUT2D eigenvalue weighted by Gasteiger charge is -2.53. The van der Waals surface area contributed by atoms with Crippen LogP contribution in [0.25, 0.3) is 0 Å². The van der Waals surface area contributed by atoms with Crippen molar-refractivity contribution in [2.24, 2.45) is 5.92 Å². The number of hydrogen-bond donors (Lipinski definition) is 0. The molecule has 1 unspecified atom stereocenters. The molecule has 0 N–H and O–H groups in total. The van der Waals surface area contributed by atoms with Gasteiger partial charge in [0, 0.05) is 24.9 Å². The van der Waals surface area contributed by atoms with E-state index in [-0.39, 0.29) is 5.54 Å². The van der Waals surface area contributed by atoms with Crippen molar-refractivity contribution in [3.05, 3.63) is 47.5 Å². The van der Waals surface area contributed by atoms with Gasteiger partial charge in [0.1, 0.15) is 0 Å². The highest BCUT2D eigenvalue weighted by atomic mass is 16.1. The van der Waals surface area contributed by atoms with Crippen LogP contribution in [0.4, 0.5) is 0 Å². The minimum Gasteiger partial charge on any atom is -0.363 e. The molecule has 2 aliphatic heterocycles. The lowest BCUT2D eigenvalue weighted by Crippen LogP contribution is -2.57. The predicted octanol–water partition coefficient (Wildman–Crippen LogP) is 4.65. The molecule has 1 fully saturated rings. The SMILES string of the molecule is C=C1C(C=O)=CN2CC(C)(C)N(CC(C)CCCC)C(=C)C2=C1C. The second-order valence-corrected chi connectivity index (χ2v) is 7.90. The quantitative estimate of drug-likeness (QED) is 0.663. The molecule has 132 valence electrons. The average molecular weight is 329 g/mol. The molecule has 0 saturated carbocycles. The summed E-state index contributed by atoms with van der Waals surface area (Å²) in [6, 6.07) is 0. The smallest absolute Gasteiger partial charge is 0.152 e. The fraction of sp³-hybridized carbons (Fsp3) is 0.571. The molecular formula is C21H32N2O. The van der Waals surface area contributed by atoms with E-state index in [1.54, 1.807) is 0 Å². The van der Waals surface area contributed by atoms with Gasteiger partial charge in [-0.3, -0.25) is 4.79 Å². The summed E-state index contributed by atoms with van der Waals surface area (Å²) < 4.78 is 0. The minimum atomic E-state index is -0.0233. The summed E-state index contributed by atoms with van der Waals surface area (Å²) in [5.74, 6) is 0.640. The van der Waals surface area contributed by atoms with E-state index in [1.165, 1.54) is 19.3 Å². The summed E-state index contributed by atoms with van der Waals surface area (Å²) in [4.78, 5) is 16.0. The van der Waals surface area contributed by atoms with E-state index >= 15 is 0 Å². The van der Waals surface area contributed by atoms with Crippen molar-refractivity contribution in [1.82, 2.24) is 9.80 Å². The molecule has 0 bridgehead atoms. The predicted molar refractivity (Wildman–Crippen MR) is 101 cm³/mol. The average Bonchev–Trinajstić information content (AvgIpc) is 2.52. The summed E-state index contributed by atoms with van der Waals surface area (Å²) in [7, 11) is 0. The largest absolute Gasteiger partial charge is 0.363 e. The van der Waals surface area contributed by atoms with Gasteiger partial charge in [0.05, 0.1) is 16.9 Å². The molecule has 0 spiro atoms. The van der Waals surface area contributed by atoms with E-state index in [2.05, 4.69) is 50.7 Å². The highest BCUT2D eigenvalue weighted by molar-refractivity contribution is 5.83. The summed E-state index contributed by atoms with van der Waals surface area (Å²) in [6.45, 7) is 21.5. The summed E-state index contributed by atoms with van der Waals surface area (Å²) >= 11 is 0. The maximum absolute atomic E-state index is 11.3. The third-order valence-corrected chi connectivity index (χ3v) is 5.30. The van der Waals surface area contributed by atoms with E-state index < -0.39 is 0 Å². The Bertz CT molecular complexity index is 609. The lowest BCUT2D eigenvalue weighted by molar-refractivity contribution is -0.104. The summed E-state index contributed by atoms with van der Waals surface area (Å²) in [5, 5.41) is 0. The van der Waals surface area contributed by atoms with Crippen molar-refractivity contribution in [3.63, 3.8) is 0 Å². The number of allylic oxidation sites excluding steroid dienone is 3. The number of piperazine rings is 1. The normalized spacial score (nSPS) is 21.6. The highest BCUT2D eigenvalue weighted by Crippen LogP contribution is 2.40. The third kappa shape index (κ3) is 3.35. The Hall–Kier alpha value is -1.77. The molecule has 0 aromatic heterocycles. The fourth-order valence-electron chi connectivity index (χ4n) is 3.80. The fourth-order valence-corrected chi connectivity index (χ4v) is 3.80. The first-order valence-electron chi connectivity index (χ1n) is 9.04. The van der Waals surface area contributed by atoms with Gasteiger partial charge in [-0.2, -0.15) is 0 Å². The van der Waals surface area contributed by atoms with Crippen LogP contribution in [-0.2, 0) is 4.79 Å². The Kier molecular flexibility index (Phi) is 5.42. The number of carbonyl (C=O) groups excluding carboxylic acids is 1. The van der Waals surface area contributed by atoms with Crippen molar-refractivity contribution >= 4 is 6.29 Å². The molecule has 2 rings (SSSR count). The Morgan fingerprint density at radius 2 is 2.04 bits per heavy atom. The molecule has 0 amide bonds. The van der Waals surface area contributed by atoms with Crippen LogP contribution < -0.4 is 0 Å². The van der Waals surface area contributed by atoms with Crippen molar-refractivity contribution in [3.8, 4) is 0 Å². The number of rotatable bonds is 6. The lowest BCUT2D eigenvalue weighted by atomic mass is 9.87. The Morgan fingerprint density at radius 3 is 2.62 bits per heavy atom. The van der Waals surface area contributed by atoms with Crippen molar-refractivity contribution in [2.45, 2.75) is 59.4 Å². The number of aldehydes is 1. The van der Waals surface area contributed by atoms with Crippen LogP contribution in [0.3, 0.4) is 0 Å². The minimum absolute atomic E-state index is 0.0233. The van der Waals surface area contributed by atoms with Gasteiger partial charge >= 0.3 is 0 Å². The van der Waals surface area contributed by atoms with Gasteiger partial charge < -0.3 is 9.80 Å². The van der Waals surface area contributed by atoms with Crippen molar-refractivity contribution in [2.75, 3.05) is 13.1 Å². The van der Waals surface area contributed by atoms with Gasteiger partial charge in [0.2, 0.25) is 0 Å². The topological polar surface area (TPSA) is 23.6 Å². The first-order valence-corrected chi connectivity index (χ1v) is 9.04. The van der Waals surface area contributed by atoms with Crippen LogP contribution in [0.15, 0.2) is 47.5 Å². The first-order chi connectivity index (χ1) is 11.2. The maximum Gasteiger partial charge on any atom is 0.152 e. The molecule has 0 aromatic rings. The van der Waals surface area contributed by atoms with E-state index in [4.69, 9.17) is 0 Å². The van der Waals surface area contributed by atoms with Crippen LogP contribution in [0.2, 0.25) is 0 Å². The van der Waals surface area contributed by atoms with Gasteiger partial charge in [0.15, 0.2) is 6.29 Å². The highest BCUT2D eigenvalue weighted by Gasteiger charge is 2.40. The third-order valence-electron chi connectivity index (χ3n) is 5.30. The molecule has 0 aliphatic carbocycles. The van der Waals surface area contributed by atoms with Crippen LogP contribution in [-0.4, -0.2) is 34.7 Å². The van der Waals surface area contributed by atoms with Crippen molar-refractivity contribution in [1.29, 1.82) is 0 Å². The van der Waals surface area contributed by atoms with E-state index in [0.29, 0.717) is 11.5 Å². The number of unbranched alkanes of at least 4 members (excludes halogenated alkanes) is 1. The van der Waals surface area contributed by atoms with Crippen LogP contribution in [0.1, 0.15) is 53.9 Å². The number of nitrogens with zero attached hydrogens (tertiary/aromatic N) is 2. The maximum atomic E-state index is 11.3. The molecule has 3 heteroatoms. The number of fused-ring (bicyclic) bond motifs is 1. The molecule has 2 aliphatic rings. The Balaban J connectivity index is 2.31. The zero-order valence-electron chi connectivity index (χ0n) is 16.0. The van der Waals surface area contributed by atoms with Crippen molar-refractivity contribution < 1.29 is 4.79 Å². The molecule has 1 atom stereocenters. The van der Waals surface area contributed by atoms with E-state index in [0.717, 1.165) is 41.9 Å². The second kappa shape index (κ2) is 7.00. The molecule has 0 aromatic carbocycles. The standard InChI is InChI=1S/C21H32N2O/c1-8-9-10-15(2)11-23-18(5)20-17(4)16(3)19(13-24)12-22(20)14-21(23,6)7/h12-13,15H,3,5,8-11,14H2,1-2,4,6-7H3. The zero-order valence-corrected chi connectivity index (χ0v) is 16.0. The van der Waals surface area contributed by atoms with Crippen LogP contribution in [0, 0.1) is 5.92 Å². The first kappa shape index (κ1) is 18.6. The van der Waals surface area contributed by atoms with Gasteiger partial charge in [-0.05, 0) is 44.3 Å². The monoisotopic (exact) mass is 328 g/mol. The molecule has 0 radical (unpaired) electrons. The second-order valence-electron chi connectivity index (χ2n) is 7.90. The van der Waals surface area contributed by atoms with E-state index in [1.807, 2.05) is 13.1 Å². The van der Waals surface area contributed by atoms with Gasteiger partial charge in [-0.25, -0.2) is 0 Å². The summed E-state index contributed by atoms with van der Waals surface area (Å²) in [5.41, 5.74) is 4.69. The number of carbonyl (C=O) groups is 1. The molecular weight excluding hydrogens is 296 g/mol. The summed E-state index contributed by atoms with van der Waals surface area (Å²) in [6.07, 6.45) is 6.60.